The molecule has 0 bridgehead atoms. The highest BCUT2D eigenvalue weighted by Crippen LogP contribution is 2.44. The van der Waals surface area contributed by atoms with Crippen LogP contribution in [0.1, 0.15) is 83.1 Å². The SMILES string of the molecule is Cc1c(-c2c(CCCO[Si](c3ccccc3)(c3ccccc3)C(C)(C)C)c(Cl)cc3c2cnn3C2CCCCO2)ncc2c(N3CCOC[C@@H](O)C3)nc(OC[C@@]34CCCN3C[C@H](F)C4)nc12. The van der Waals surface area contributed by atoms with E-state index in [2.05, 4.69) is 86.3 Å². The second-order valence-electron chi connectivity index (χ2n) is 20.0. The molecule has 67 heavy (non-hydrogen) atoms. The highest BCUT2D eigenvalue weighted by atomic mass is 35.5. The van der Waals surface area contributed by atoms with E-state index >= 15 is 0 Å². The number of benzene rings is 3. The zero-order valence-electron chi connectivity index (χ0n) is 39.2. The second kappa shape index (κ2) is 19.1. The van der Waals surface area contributed by atoms with Crippen LogP contribution in [0.3, 0.4) is 0 Å². The molecule has 4 atom stereocenters. The number of aromatic nitrogens is 5. The summed E-state index contributed by atoms with van der Waals surface area (Å²) in [5.41, 5.74) is 4.60. The van der Waals surface area contributed by atoms with Crippen LogP contribution in [0.25, 0.3) is 33.1 Å². The predicted octanol–water partition coefficient (Wildman–Crippen LogP) is 8.36. The monoisotopic (exact) mass is 947 g/mol. The molecule has 0 spiro atoms. The van der Waals surface area contributed by atoms with Crippen molar-refractivity contribution in [2.24, 2.45) is 0 Å². The van der Waals surface area contributed by atoms with Crippen LogP contribution < -0.4 is 20.0 Å². The highest BCUT2D eigenvalue weighted by Gasteiger charge is 2.51. The van der Waals surface area contributed by atoms with Crippen molar-refractivity contribution in [1.82, 2.24) is 29.6 Å². The van der Waals surface area contributed by atoms with Gasteiger partial charge in [0.2, 0.25) is 0 Å². The van der Waals surface area contributed by atoms with E-state index in [0.29, 0.717) is 81.7 Å². The van der Waals surface area contributed by atoms with Crippen molar-refractivity contribution in [3.05, 3.63) is 95.3 Å². The van der Waals surface area contributed by atoms with Gasteiger partial charge in [0.1, 0.15) is 18.6 Å². The molecule has 0 saturated carbocycles. The number of aliphatic hydroxyl groups excluding tert-OH is 1. The van der Waals surface area contributed by atoms with Crippen molar-refractivity contribution in [3.8, 4) is 17.3 Å². The number of aryl methyl sites for hydroxylation is 1. The van der Waals surface area contributed by atoms with E-state index in [0.717, 1.165) is 77.3 Å². The van der Waals surface area contributed by atoms with Gasteiger partial charge in [-0.15, -0.1) is 0 Å². The summed E-state index contributed by atoms with van der Waals surface area (Å²) in [6.45, 7) is 13.2. The summed E-state index contributed by atoms with van der Waals surface area (Å²) in [5, 5.41) is 20.5. The van der Waals surface area contributed by atoms with E-state index in [-0.39, 0.29) is 29.4 Å². The maximum Gasteiger partial charge on any atom is 0.319 e. The van der Waals surface area contributed by atoms with Gasteiger partial charge >= 0.3 is 6.01 Å². The second-order valence-corrected chi connectivity index (χ2v) is 24.7. The number of anilines is 1. The molecule has 4 fully saturated rings. The fraction of sp³-hybridized carbons (Fsp3) is 0.500. The molecule has 4 saturated heterocycles. The molecule has 0 aliphatic carbocycles. The first-order chi connectivity index (χ1) is 32.5. The summed E-state index contributed by atoms with van der Waals surface area (Å²) in [6.07, 6.45) is 8.57. The molecule has 1 unspecified atom stereocenters. The van der Waals surface area contributed by atoms with Gasteiger partial charge in [0, 0.05) is 67.0 Å². The number of halogens is 2. The normalized spacial score (nSPS) is 23.0. The van der Waals surface area contributed by atoms with E-state index in [1.165, 1.54) is 10.4 Å². The van der Waals surface area contributed by atoms with E-state index < -0.39 is 20.6 Å². The zero-order valence-corrected chi connectivity index (χ0v) is 41.0. The molecule has 4 aliphatic rings. The number of β-amino-alcohol motifs (C(OH)–C–C–N with tert-alkyl or cyclic N) is 1. The Bertz CT molecular complexity index is 2660. The average molecular weight is 949 g/mol. The standard InChI is InChI=1S/C52H63ClFN7O5Si/c1-35-47-42(49(59-23-26-63-33-37(62)32-59)58-50(57-47)65-34-52-21-14-22-60(52)31-36(54)28-52)29-55-48(35)46-40(43(53)27-44-41(46)30-56-61(44)45-20-11-12-24-64-45)19-13-25-66-67(51(2,3)4,38-15-7-5-8-16-38)39-17-9-6-10-18-39/h5-10,15-18,27,29-30,36-37,45,62H,11-14,19-26,28,31-34H2,1-4H3/t36-,37+,45?,52+/m1/s1. The van der Waals surface area contributed by atoms with E-state index in [1.807, 2.05) is 35.0 Å². The number of fused-ring (bicyclic) bond motifs is 3. The Hall–Kier alpha value is -4.54. The molecule has 354 valence electrons. The Kier molecular flexibility index (Phi) is 13.2. The van der Waals surface area contributed by atoms with Gasteiger partial charge in [-0.25, -0.2) is 9.07 Å². The number of alkyl halides is 1. The summed E-state index contributed by atoms with van der Waals surface area (Å²) in [7, 11) is -2.78. The number of rotatable bonds is 13. The minimum Gasteiger partial charge on any atom is -0.461 e. The van der Waals surface area contributed by atoms with Gasteiger partial charge in [-0.3, -0.25) is 9.88 Å². The molecular formula is C52H63ClFN7O5Si. The van der Waals surface area contributed by atoms with E-state index in [1.54, 1.807) is 0 Å². The third kappa shape index (κ3) is 8.76. The Morgan fingerprint density at radius 3 is 2.46 bits per heavy atom. The average Bonchev–Trinajstić information content (AvgIpc) is 3.96. The van der Waals surface area contributed by atoms with E-state index in [4.69, 9.17) is 50.3 Å². The topological polar surface area (TPSA) is 120 Å². The van der Waals surface area contributed by atoms with Crippen molar-refractivity contribution in [2.75, 3.05) is 64.1 Å². The van der Waals surface area contributed by atoms with Crippen LogP contribution in [0, 0.1) is 6.92 Å². The number of ether oxygens (including phenoxy) is 3. The van der Waals surface area contributed by atoms with Crippen LogP contribution in [-0.2, 0) is 20.3 Å². The minimum atomic E-state index is -2.78. The predicted molar refractivity (Wildman–Crippen MR) is 264 cm³/mol. The van der Waals surface area contributed by atoms with Crippen molar-refractivity contribution in [1.29, 1.82) is 0 Å². The Morgan fingerprint density at radius 1 is 0.955 bits per heavy atom. The summed E-state index contributed by atoms with van der Waals surface area (Å²) < 4.78 is 42.8. The molecule has 0 radical (unpaired) electrons. The number of pyridine rings is 1. The van der Waals surface area contributed by atoms with Crippen LogP contribution in [0.15, 0.2) is 79.1 Å². The van der Waals surface area contributed by atoms with Gasteiger partial charge in [0.15, 0.2) is 6.23 Å². The van der Waals surface area contributed by atoms with Crippen LogP contribution in [-0.4, -0.2) is 120 Å². The quantitative estimate of drug-likeness (QED) is 0.0889. The molecule has 6 aromatic rings. The Balaban J connectivity index is 1.06. The lowest BCUT2D eigenvalue weighted by molar-refractivity contribution is -0.0366. The highest BCUT2D eigenvalue weighted by molar-refractivity contribution is 6.99. The summed E-state index contributed by atoms with van der Waals surface area (Å²) in [4.78, 5) is 19.7. The zero-order chi connectivity index (χ0) is 46.3. The van der Waals surface area contributed by atoms with Crippen molar-refractivity contribution >= 4 is 57.9 Å². The Morgan fingerprint density at radius 2 is 1.73 bits per heavy atom. The van der Waals surface area contributed by atoms with Gasteiger partial charge in [-0.05, 0) is 85.5 Å². The van der Waals surface area contributed by atoms with Crippen LogP contribution in [0.4, 0.5) is 10.2 Å². The number of hydrogen-bond acceptors (Lipinski definition) is 11. The maximum atomic E-state index is 14.9. The molecule has 10 rings (SSSR count). The molecule has 0 amide bonds. The van der Waals surface area contributed by atoms with Gasteiger partial charge < -0.3 is 28.6 Å². The molecule has 3 aromatic heterocycles. The maximum absolute atomic E-state index is 14.9. The van der Waals surface area contributed by atoms with Crippen LogP contribution >= 0.6 is 11.6 Å². The molecule has 1 N–H and O–H groups in total. The fourth-order valence-corrected chi connectivity index (χ4v) is 16.4. The lowest BCUT2D eigenvalue weighted by atomic mass is 9.93. The number of hydrogen-bond donors (Lipinski definition) is 1. The lowest BCUT2D eigenvalue weighted by Crippen LogP contribution is -2.66. The Labute approximate surface area is 398 Å². The summed E-state index contributed by atoms with van der Waals surface area (Å²) in [6, 6.07) is 23.7. The third-order valence-corrected chi connectivity index (χ3v) is 20.0. The molecule has 4 aliphatic heterocycles. The van der Waals surface area contributed by atoms with Crippen molar-refractivity contribution in [2.45, 2.75) is 108 Å². The van der Waals surface area contributed by atoms with Gasteiger partial charge in [0.05, 0.1) is 53.2 Å². The van der Waals surface area contributed by atoms with Gasteiger partial charge in [-0.2, -0.15) is 15.1 Å². The van der Waals surface area contributed by atoms with Crippen LogP contribution in [0.5, 0.6) is 6.01 Å². The molecular weight excluding hydrogens is 885 g/mol. The van der Waals surface area contributed by atoms with E-state index in [9.17, 15) is 9.50 Å². The number of aliphatic hydroxyl groups is 1. The van der Waals surface area contributed by atoms with Crippen molar-refractivity contribution in [3.63, 3.8) is 0 Å². The molecule has 12 nitrogen and oxygen atoms in total. The smallest absolute Gasteiger partial charge is 0.319 e. The van der Waals surface area contributed by atoms with Gasteiger partial charge in [0.25, 0.3) is 8.32 Å². The van der Waals surface area contributed by atoms with Crippen LogP contribution in [0.2, 0.25) is 10.1 Å². The summed E-state index contributed by atoms with van der Waals surface area (Å²) in [5.74, 6) is 0.612. The first-order valence-electron chi connectivity index (χ1n) is 24.2. The summed E-state index contributed by atoms with van der Waals surface area (Å²) >= 11 is 7.51. The molecule has 3 aromatic carbocycles. The lowest BCUT2D eigenvalue weighted by Gasteiger charge is -2.43. The minimum absolute atomic E-state index is 0.163. The fourth-order valence-electron chi connectivity index (χ4n) is 11.5. The van der Waals surface area contributed by atoms with Gasteiger partial charge in [-0.1, -0.05) is 93.0 Å². The molecule has 7 heterocycles. The largest absolute Gasteiger partial charge is 0.461 e. The van der Waals surface area contributed by atoms with Crippen molar-refractivity contribution < 1.29 is 28.1 Å². The third-order valence-electron chi connectivity index (χ3n) is 14.6. The first kappa shape index (κ1) is 46.2. The number of nitrogens with zero attached hydrogens (tertiary/aromatic N) is 7. The molecule has 15 heteroatoms. The first-order valence-corrected chi connectivity index (χ1v) is 26.5.